The highest BCUT2D eigenvalue weighted by Crippen LogP contribution is 2.49. The van der Waals surface area contributed by atoms with Gasteiger partial charge in [0.2, 0.25) is 11.6 Å². The number of aromatic nitrogens is 3. The molecule has 0 bridgehead atoms. The minimum absolute atomic E-state index is 0.0749. The van der Waals surface area contributed by atoms with E-state index in [1.807, 2.05) is 54.5 Å². The maximum atomic E-state index is 13.5. The lowest BCUT2D eigenvalue weighted by molar-refractivity contribution is 0.106. The molecule has 5 aromatic heterocycles. The van der Waals surface area contributed by atoms with Crippen LogP contribution in [0.4, 0.5) is 11.6 Å². The summed E-state index contributed by atoms with van der Waals surface area (Å²) in [6.07, 6.45) is 0. The van der Waals surface area contributed by atoms with Gasteiger partial charge in [-0.25, -0.2) is 30.2 Å². The summed E-state index contributed by atoms with van der Waals surface area (Å²) in [5.74, 6) is 0.386. The van der Waals surface area contributed by atoms with Gasteiger partial charge < -0.3 is 13.7 Å². The Morgan fingerprint density at radius 1 is 0.635 bits per heavy atom. The third-order valence-corrected chi connectivity index (χ3v) is 12.1. The lowest BCUT2D eigenvalue weighted by atomic mass is 10.1. The molecule has 2 aliphatic rings. The molecule has 0 aliphatic heterocycles. The highest BCUT2D eigenvalue weighted by molar-refractivity contribution is 7.33. The maximum absolute atomic E-state index is 13.5. The third kappa shape index (κ3) is 3.89. The zero-order chi connectivity index (χ0) is 36.2. The van der Waals surface area contributed by atoms with E-state index in [-0.39, 0.29) is 45.5 Å². The second-order valence-corrected chi connectivity index (χ2v) is 14.3. The van der Waals surface area contributed by atoms with Crippen LogP contribution in [0.5, 0.6) is 0 Å². The van der Waals surface area contributed by atoms with Crippen LogP contribution in [0.3, 0.4) is 0 Å². The second-order valence-electron chi connectivity index (χ2n) is 12.2. The van der Waals surface area contributed by atoms with E-state index in [4.69, 9.17) is 23.1 Å². The zero-order valence-corrected chi connectivity index (χ0v) is 29.1. The van der Waals surface area contributed by atoms with Gasteiger partial charge in [-0.3, -0.25) is 9.59 Å². The molecule has 7 aromatic rings. The Balaban J connectivity index is 1.21. The van der Waals surface area contributed by atoms with Gasteiger partial charge in [-0.05, 0) is 11.1 Å². The van der Waals surface area contributed by atoms with Gasteiger partial charge >= 0.3 is 0 Å². The molecule has 0 N–H and O–H groups in total. The van der Waals surface area contributed by atoms with Gasteiger partial charge in [-0.1, -0.05) is 48.5 Å². The molecule has 52 heavy (non-hydrogen) atoms. The predicted octanol–water partition coefficient (Wildman–Crippen LogP) is 8.68. The number of thiophene rings is 2. The Morgan fingerprint density at radius 3 is 1.38 bits per heavy atom. The van der Waals surface area contributed by atoms with Gasteiger partial charge in [0, 0.05) is 55.5 Å². The molecule has 0 unspecified atom stereocenters. The molecule has 244 valence electrons. The zero-order valence-electron chi connectivity index (χ0n) is 27.4. The lowest BCUT2D eigenvalue weighted by Crippen LogP contribution is -2.08. The molecule has 0 atom stereocenters. The number of carbonyl (C=O) groups is 2. The highest BCUT2D eigenvalue weighted by Gasteiger charge is 2.36. The number of aliphatic imine (C=N–C) groups is 2. The fraction of sp³-hybridized carbons (Fsp3) is 0.0769. The van der Waals surface area contributed by atoms with Crippen LogP contribution in [0.25, 0.3) is 61.7 Å². The standard InChI is InChI=1S/C39H19N9O2S2/c1-42-22(16-40)28-18-10-6-8-12-20(18)36(49)30(28)44-26-14-24-32(46(26)3)34-38(51-24)39-35(48(34)5)33-25(52-39)15-27(47(33)4)45-31-29(23(17-41)43-2)19-11-7-9-13-21(19)37(31)50/h6-15H,3-5H3/b28-22+,29-23?,44-30?,45-31?. The fourth-order valence-electron chi connectivity index (χ4n) is 7.35. The SMILES string of the molecule is [C-]#[N+]C(C#N)=C1C(=Nc2cc3sc4c5sc6cc(N=C7C(=O)c8ccccc8/C7=C(/C#N)[N+]#[C-])n(C)c6c5n(C)c4c3n2C)C(=O)c2ccccc21. The first kappa shape index (κ1) is 30.9. The van der Waals surface area contributed by atoms with Crippen molar-refractivity contribution in [2.45, 2.75) is 0 Å². The molecule has 11 nitrogen and oxygen atoms in total. The summed E-state index contributed by atoms with van der Waals surface area (Å²) in [7, 11) is 5.77. The molecule has 0 saturated carbocycles. The molecule has 0 spiro atoms. The predicted molar refractivity (Wildman–Crippen MR) is 203 cm³/mol. The molecule has 0 saturated heterocycles. The number of allylic oxidation sites excluding steroid dienone is 4. The maximum Gasteiger partial charge on any atom is 0.271 e. The number of nitriles is 2. The minimum Gasteiger partial charge on any atom is -0.339 e. The number of ketones is 2. The number of Topliss-reactive ketones (excluding diaryl/α,β-unsaturated/α-hetero) is 2. The van der Waals surface area contributed by atoms with Crippen molar-refractivity contribution >= 4 is 109 Å². The normalized spacial score (nSPS) is 17.3. The van der Waals surface area contributed by atoms with E-state index in [9.17, 15) is 20.1 Å². The van der Waals surface area contributed by atoms with Crippen molar-refractivity contribution < 1.29 is 9.59 Å². The smallest absolute Gasteiger partial charge is 0.271 e. The Bertz CT molecular complexity index is 2950. The first-order chi connectivity index (χ1) is 25.2. The molecule has 2 aromatic carbocycles. The van der Waals surface area contributed by atoms with Crippen molar-refractivity contribution in [2.24, 2.45) is 31.1 Å². The first-order valence-corrected chi connectivity index (χ1v) is 17.3. The van der Waals surface area contributed by atoms with Crippen LogP contribution in [0.2, 0.25) is 0 Å². The summed E-state index contributed by atoms with van der Waals surface area (Å²) < 4.78 is 10.1. The second kappa shape index (κ2) is 10.9. The van der Waals surface area contributed by atoms with Crippen LogP contribution in [0, 0.1) is 35.8 Å². The molecule has 0 amide bonds. The Morgan fingerprint density at radius 2 is 1.02 bits per heavy atom. The van der Waals surface area contributed by atoms with E-state index in [1.54, 1.807) is 71.2 Å². The molecule has 0 radical (unpaired) electrons. The monoisotopic (exact) mass is 709 g/mol. The average Bonchev–Trinajstić information content (AvgIpc) is 3.99. The molecule has 5 heterocycles. The summed E-state index contributed by atoms with van der Waals surface area (Å²) in [6.45, 7) is 15.2. The highest BCUT2D eigenvalue weighted by atomic mass is 32.1. The van der Waals surface area contributed by atoms with E-state index in [2.05, 4.69) is 14.3 Å². The van der Waals surface area contributed by atoms with E-state index < -0.39 is 0 Å². The number of hydrogen-bond acceptors (Lipinski definition) is 8. The number of fused-ring (bicyclic) bond motifs is 9. The Hall–Kier alpha value is -7.16. The molecule has 9 rings (SSSR count). The van der Waals surface area contributed by atoms with Gasteiger partial charge in [0.05, 0.1) is 66.1 Å². The molecule has 13 heteroatoms. The third-order valence-electron chi connectivity index (χ3n) is 9.67. The number of carbonyl (C=O) groups excluding carboxylic acids is 2. The first-order valence-electron chi connectivity index (χ1n) is 15.7. The van der Waals surface area contributed by atoms with Crippen molar-refractivity contribution in [1.82, 2.24) is 13.7 Å². The summed E-state index contributed by atoms with van der Waals surface area (Å²) in [4.78, 5) is 43.5. The summed E-state index contributed by atoms with van der Waals surface area (Å²) in [5.41, 5.74) is 6.02. The molecule has 2 aliphatic carbocycles. The minimum atomic E-state index is -0.328. The average molecular weight is 710 g/mol. The number of benzene rings is 2. The van der Waals surface area contributed by atoms with Crippen molar-refractivity contribution in [1.29, 1.82) is 10.5 Å². The van der Waals surface area contributed by atoms with Crippen molar-refractivity contribution in [2.75, 3.05) is 0 Å². The molecular formula is C39H19N9O2S2. The van der Waals surface area contributed by atoms with Crippen LogP contribution >= 0.6 is 22.7 Å². The van der Waals surface area contributed by atoms with Crippen LogP contribution in [-0.2, 0) is 21.1 Å². The molecular weight excluding hydrogens is 691 g/mol. The van der Waals surface area contributed by atoms with Crippen molar-refractivity contribution in [3.63, 3.8) is 0 Å². The van der Waals surface area contributed by atoms with E-state index in [0.29, 0.717) is 33.9 Å². The van der Waals surface area contributed by atoms with Gasteiger partial charge in [-0.15, -0.1) is 22.7 Å². The van der Waals surface area contributed by atoms with Crippen LogP contribution in [0.15, 0.2) is 82.0 Å². The van der Waals surface area contributed by atoms with E-state index in [0.717, 1.165) is 40.9 Å². The topological polar surface area (TPSA) is 130 Å². The van der Waals surface area contributed by atoms with Crippen LogP contribution in [-0.4, -0.2) is 36.7 Å². The van der Waals surface area contributed by atoms with E-state index in [1.165, 1.54) is 0 Å². The number of aryl methyl sites for hydroxylation is 3. The number of rotatable bonds is 2. The summed E-state index contributed by atoms with van der Waals surface area (Å²) >= 11 is 3.24. The van der Waals surface area contributed by atoms with Crippen molar-refractivity contribution in [3.05, 3.63) is 117 Å². The van der Waals surface area contributed by atoms with Gasteiger partial charge in [0.15, 0.2) is 0 Å². The van der Waals surface area contributed by atoms with Gasteiger partial charge in [0.25, 0.3) is 11.4 Å². The van der Waals surface area contributed by atoms with Crippen LogP contribution < -0.4 is 0 Å². The largest absolute Gasteiger partial charge is 0.339 e. The Labute approximate surface area is 302 Å². The van der Waals surface area contributed by atoms with Crippen molar-refractivity contribution in [3.8, 4) is 12.1 Å². The fourth-order valence-corrected chi connectivity index (χ4v) is 10.1. The summed E-state index contributed by atoms with van der Waals surface area (Å²) in [5, 5.41) is 19.5. The summed E-state index contributed by atoms with van der Waals surface area (Å²) in [6, 6.07) is 21.6. The quantitative estimate of drug-likeness (QED) is 0.131. The molecule has 0 fully saturated rings. The number of nitrogens with zero attached hydrogens (tertiary/aromatic N) is 9. The van der Waals surface area contributed by atoms with Gasteiger partial charge in [-0.2, -0.15) is 0 Å². The lowest BCUT2D eigenvalue weighted by Gasteiger charge is -2.05. The van der Waals surface area contributed by atoms with E-state index >= 15 is 0 Å². The van der Waals surface area contributed by atoms with Gasteiger partial charge in [0.1, 0.15) is 23.1 Å². The van der Waals surface area contributed by atoms with Crippen LogP contribution in [0.1, 0.15) is 31.8 Å². The number of hydrogen-bond donors (Lipinski definition) is 0. The Kier molecular flexibility index (Phi) is 6.48.